The van der Waals surface area contributed by atoms with Crippen molar-refractivity contribution in [3.8, 4) is 0 Å². The summed E-state index contributed by atoms with van der Waals surface area (Å²) in [6, 6.07) is 13.0. The normalized spacial score (nSPS) is 11.2. The molecule has 2 aromatic carbocycles. The van der Waals surface area contributed by atoms with Crippen LogP contribution >= 0.6 is 0 Å². The van der Waals surface area contributed by atoms with Crippen LogP contribution in [0.4, 0.5) is 11.4 Å². The van der Waals surface area contributed by atoms with Crippen LogP contribution in [0.2, 0.25) is 0 Å². The summed E-state index contributed by atoms with van der Waals surface area (Å²) < 4.78 is 0. The molecule has 0 aliphatic carbocycles. The minimum Gasteiger partial charge on any atom is -0.665 e. The zero-order valence-electron chi connectivity index (χ0n) is 20.8. The van der Waals surface area contributed by atoms with Gasteiger partial charge in [-0.3, -0.25) is 0 Å². The van der Waals surface area contributed by atoms with Crippen molar-refractivity contribution in [3.63, 3.8) is 0 Å². The van der Waals surface area contributed by atoms with Crippen molar-refractivity contribution < 1.29 is 37.7 Å². The van der Waals surface area contributed by atoms with Crippen molar-refractivity contribution in [2.45, 2.75) is 79.1 Å². The molecule has 0 saturated heterocycles. The SMILES string of the molecule is CC(C)c1cccc(C(C)C)c1[N-]/C=C\[N-]c1c(C(C)C)cccc1C(C)C.[Li+].[Li+]. The first-order valence-corrected chi connectivity index (χ1v) is 10.6. The molecule has 30 heavy (non-hydrogen) atoms. The van der Waals surface area contributed by atoms with Crippen molar-refractivity contribution in [2.24, 2.45) is 0 Å². The van der Waals surface area contributed by atoms with Crippen LogP contribution in [0, 0.1) is 0 Å². The van der Waals surface area contributed by atoms with Crippen LogP contribution < -0.4 is 37.7 Å². The van der Waals surface area contributed by atoms with E-state index in [0.717, 1.165) is 11.4 Å². The van der Waals surface area contributed by atoms with E-state index in [0.29, 0.717) is 23.7 Å². The Hall–Kier alpha value is -1.03. The molecule has 2 rings (SSSR count). The van der Waals surface area contributed by atoms with E-state index in [9.17, 15) is 0 Å². The topological polar surface area (TPSA) is 28.2 Å². The Labute approximate surface area is 209 Å². The maximum Gasteiger partial charge on any atom is 1.00 e. The van der Waals surface area contributed by atoms with Gasteiger partial charge in [-0.1, -0.05) is 114 Å². The third kappa shape index (κ3) is 7.29. The Morgan fingerprint density at radius 3 is 0.933 bits per heavy atom. The largest absolute Gasteiger partial charge is 1.00 e. The van der Waals surface area contributed by atoms with Crippen molar-refractivity contribution in [1.82, 2.24) is 0 Å². The summed E-state index contributed by atoms with van der Waals surface area (Å²) in [5, 5.41) is 9.68. The van der Waals surface area contributed by atoms with Crippen molar-refractivity contribution >= 4 is 11.4 Å². The van der Waals surface area contributed by atoms with Gasteiger partial charge in [-0.2, -0.15) is 12.4 Å². The van der Waals surface area contributed by atoms with E-state index in [1.807, 2.05) is 12.4 Å². The Morgan fingerprint density at radius 1 is 0.500 bits per heavy atom. The summed E-state index contributed by atoms with van der Waals surface area (Å²) in [7, 11) is 0. The minimum absolute atomic E-state index is 0. The molecule has 0 heterocycles. The first-order chi connectivity index (χ1) is 13.2. The number of benzene rings is 2. The fourth-order valence-electron chi connectivity index (χ4n) is 3.54. The van der Waals surface area contributed by atoms with E-state index < -0.39 is 0 Å². The average Bonchev–Trinajstić information content (AvgIpc) is 2.64. The summed E-state index contributed by atoms with van der Waals surface area (Å²) in [4.78, 5) is 0. The molecular weight excluding hydrogens is 354 g/mol. The molecule has 0 unspecified atom stereocenters. The second kappa shape index (κ2) is 13.4. The van der Waals surface area contributed by atoms with E-state index in [2.05, 4.69) is 91.8 Å². The molecule has 0 fully saturated rings. The van der Waals surface area contributed by atoms with Crippen molar-refractivity contribution in [2.75, 3.05) is 0 Å². The Morgan fingerprint density at radius 2 is 0.733 bits per heavy atom. The molecule has 0 aromatic heterocycles. The molecule has 0 amide bonds. The summed E-state index contributed by atoms with van der Waals surface area (Å²) in [6.07, 6.45) is 3.71. The molecule has 0 atom stereocenters. The second-order valence-corrected chi connectivity index (χ2v) is 8.75. The van der Waals surface area contributed by atoms with Crippen LogP contribution in [-0.4, -0.2) is 0 Å². The number of hydrogen-bond acceptors (Lipinski definition) is 0. The first kappa shape index (κ1) is 29.0. The van der Waals surface area contributed by atoms with E-state index in [1.165, 1.54) is 22.3 Å². The van der Waals surface area contributed by atoms with Crippen LogP contribution in [0.5, 0.6) is 0 Å². The quantitative estimate of drug-likeness (QED) is 0.619. The first-order valence-electron chi connectivity index (χ1n) is 10.6. The zero-order valence-corrected chi connectivity index (χ0v) is 20.8. The molecule has 152 valence electrons. The maximum absolute atomic E-state index is 4.84. The third-order valence-corrected chi connectivity index (χ3v) is 5.16. The van der Waals surface area contributed by atoms with Gasteiger partial charge in [0.15, 0.2) is 0 Å². The number of rotatable bonds is 8. The molecule has 0 N–H and O–H groups in total. The van der Waals surface area contributed by atoms with Gasteiger partial charge in [0, 0.05) is 0 Å². The summed E-state index contributed by atoms with van der Waals surface area (Å²) in [6.45, 7) is 17.8. The molecule has 2 nitrogen and oxygen atoms in total. The number of hydrogen-bond donors (Lipinski definition) is 0. The number of para-hydroxylation sites is 2. The third-order valence-electron chi connectivity index (χ3n) is 5.16. The van der Waals surface area contributed by atoms with E-state index in [-0.39, 0.29) is 37.7 Å². The van der Waals surface area contributed by atoms with Gasteiger partial charge in [0.25, 0.3) is 0 Å². The van der Waals surface area contributed by atoms with Crippen molar-refractivity contribution in [1.29, 1.82) is 0 Å². The van der Waals surface area contributed by atoms with Gasteiger partial charge in [-0.05, 0) is 23.7 Å². The van der Waals surface area contributed by atoms with Gasteiger partial charge < -0.3 is 10.6 Å². The van der Waals surface area contributed by atoms with Crippen LogP contribution in [0.15, 0.2) is 48.8 Å². The van der Waals surface area contributed by atoms with Crippen LogP contribution in [0.3, 0.4) is 0 Å². The van der Waals surface area contributed by atoms with Gasteiger partial charge in [0.05, 0.1) is 0 Å². The minimum atomic E-state index is 0. The van der Waals surface area contributed by atoms with Gasteiger partial charge in [-0.15, -0.1) is 11.4 Å². The smallest absolute Gasteiger partial charge is 0.665 e. The predicted molar refractivity (Wildman–Crippen MR) is 124 cm³/mol. The van der Waals surface area contributed by atoms with Crippen LogP contribution in [0.25, 0.3) is 10.6 Å². The van der Waals surface area contributed by atoms with E-state index in [1.54, 1.807) is 0 Å². The molecule has 0 saturated carbocycles. The molecule has 4 heteroatoms. The Kier molecular flexibility index (Phi) is 12.9. The predicted octanol–water partition coefficient (Wildman–Crippen LogP) is 3.37. The Balaban J connectivity index is 0.00000420. The number of nitrogens with zero attached hydrogens (tertiary/aromatic N) is 2. The van der Waals surface area contributed by atoms with Gasteiger partial charge >= 0.3 is 37.7 Å². The Bertz CT molecular complexity index is 689. The molecule has 0 aliphatic rings. The summed E-state index contributed by atoms with van der Waals surface area (Å²) >= 11 is 0. The maximum atomic E-state index is 4.84. The summed E-state index contributed by atoms with van der Waals surface area (Å²) in [5.74, 6) is 1.77. The molecule has 2 aromatic rings. The monoisotopic (exact) mass is 390 g/mol. The van der Waals surface area contributed by atoms with Gasteiger partial charge in [0.2, 0.25) is 0 Å². The molecule has 0 radical (unpaired) electrons. The van der Waals surface area contributed by atoms with Gasteiger partial charge in [-0.25, -0.2) is 0 Å². The van der Waals surface area contributed by atoms with E-state index >= 15 is 0 Å². The molecule has 0 bridgehead atoms. The van der Waals surface area contributed by atoms with Crippen LogP contribution in [-0.2, 0) is 0 Å². The fraction of sp³-hybridized carbons (Fsp3) is 0.462. The zero-order chi connectivity index (χ0) is 20.8. The molecule has 0 aliphatic heterocycles. The molecular formula is C26H36Li2N2. The molecule has 0 spiro atoms. The van der Waals surface area contributed by atoms with Crippen LogP contribution in [0.1, 0.15) is 101 Å². The van der Waals surface area contributed by atoms with E-state index in [4.69, 9.17) is 10.6 Å². The fourth-order valence-corrected chi connectivity index (χ4v) is 3.54. The standard InChI is InChI=1S/C26H36N2.2Li/c1-17(2)21-11-9-12-22(18(3)4)25(21)27-15-16-28-26-23(19(5)6)13-10-14-24(26)20(7)8;;/h9-20H,1-8H3;;/q-2;2*+1/b16-15-;;. The summed E-state index contributed by atoms with van der Waals surface area (Å²) in [5.41, 5.74) is 7.37. The van der Waals surface area contributed by atoms with Gasteiger partial charge in [0.1, 0.15) is 0 Å². The average molecular weight is 390 g/mol. The van der Waals surface area contributed by atoms with Crippen molar-refractivity contribution in [3.05, 3.63) is 81.7 Å². The second-order valence-electron chi connectivity index (χ2n) is 8.75.